The number of nitrogens with zero attached hydrogens (tertiary/aromatic N) is 2. The molecule has 4 rings (SSSR count). The normalized spacial score (nSPS) is 11.0. The van der Waals surface area contributed by atoms with Gasteiger partial charge in [-0.25, -0.2) is 4.98 Å². The van der Waals surface area contributed by atoms with Crippen LogP contribution in [0.15, 0.2) is 77.7 Å². The molecule has 3 nitrogen and oxygen atoms in total. The number of fused-ring (bicyclic) bond motifs is 1. The third-order valence-electron chi connectivity index (χ3n) is 4.23. The molecule has 3 aromatic carbocycles. The molecule has 0 fully saturated rings. The standard InChI is InChI=1S/C22H16Cl2N2OS2/c23-16-6-9-18(10-7-16)28-14-21(27)26(13-15-4-2-1-3-5-15)22-25-19-11-8-17(24)12-20(19)29-22/h1-12H,13-14H2. The van der Waals surface area contributed by atoms with Gasteiger partial charge in [0.25, 0.3) is 0 Å². The van der Waals surface area contributed by atoms with Crippen molar-refractivity contribution in [2.45, 2.75) is 11.4 Å². The van der Waals surface area contributed by atoms with Crippen LogP contribution in [0.2, 0.25) is 10.0 Å². The Bertz CT molecular complexity index is 1130. The predicted molar refractivity (Wildman–Crippen MR) is 124 cm³/mol. The highest BCUT2D eigenvalue weighted by Gasteiger charge is 2.20. The van der Waals surface area contributed by atoms with E-state index in [1.54, 1.807) is 4.90 Å². The molecular formula is C22H16Cl2N2OS2. The first-order chi connectivity index (χ1) is 14.1. The van der Waals surface area contributed by atoms with Crippen molar-refractivity contribution in [2.24, 2.45) is 0 Å². The molecule has 7 heteroatoms. The molecule has 0 N–H and O–H groups in total. The second kappa shape index (κ2) is 9.18. The van der Waals surface area contributed by atoms with E-state index in [-0.39, 0.29) is 5.91 Å². The Morgan fingerprint density at radius 2 is 1.69 bits per heavy atom. The Kier molecular flexibility index (Phi) is 6.40. The lowest BCUT2D eigenvalue weighted by Gasteiger charge is -2.20. The molecule has 0 unspecified atom stereocenters. The quantitative estimate of drug-likeness (QED) is 0.293. The summed E-state index contributed by atoms with van der Waals surface area (Å²) < 4.78 is 0.962. The predicted octanol–water partition coefficient (Wildman–Crippen LogP) is 6.93. The number of anilines is 1. The van der Waals surface area contributed by atoms with Gasteiger partial charge in [-0.05, 0) is 48.0 Å². The topological polar surface area (TPSA) is 33.2 Å². The maximum Gasteiger partial charge on any atom is 0.239 e. The Morgan fingerprint density at radius 3 is 2.45 bits per heavy atom. The van der Waals surface area contributed by atoms with E-state index in [0.29, 0.717) is 27.5 Å². The van der Waals surface area contributed by atoms with E-state index in [2.05, 4.69) is 4.98 Å². The maximum atomic E-state index is 13.2. The van der Waals surface area contributed by atoms with Gasteiger partial charge in [0.1, 0.15) is 0 Å². The minimum absolute atomic E-state index is 0.000967. The lowest BCUT2D eigenvalue weighted by Crippen LogP contribution is -2.31. The summed E-state index contributed by atoms with van der Waals surface area (Å²) in [5.41, 5.74) is 1.89. The fourth-order valence-electron chi connectivity index (χ4n) is 2.78. The lowest BCUT2D eigenvalue weighted by atomic mass is 10.2. The first kappa shape index (κ1) is 20.2. The SMILES string of the molecule is O=C(CSc1ccc(Cl)cc1)N(Cc1ccccc1)c1nc2ccc(Cl)cc2s1. The number of thiazole rings is 1. The van der Waals surface area contributed by atoms with Crippen molar-refractivity contribution in [3.63, 3.8) is 0 Å². The average Bonchev–Trinajstić information content (AvgIpc) is 3.15. The van der Waals surface area contributed by atoms with Crippen molar-refractivity contribution in [2.75, 3.05) is 10.7 Å². The van der Waals surface area contributed by atoms with Gasteiger partial charge in [-0.1, -0.05) is 64.9 Å². The second-order valence-corrected chi connectivity index (χ2v) is 9.25. The van der Waals surface area contributed by atoms with Crippen LogP contribution >= 0.6 is 46.3 Å². The summed E-state index contributed by atoms with van der Waals surface area (Å²) in [5, 5.41) is 2.01. The summed E-state index contributed by atoms with van der Waals surface area (Å²) >= 11 is 15.0. The Labute approximate surface area is 187 Å². The van der Waals surface area contributed by atoms with E-state index in [1.807, 2.05) is 72.8 Å². The molecule has 0 atom stereocenters. The molecule has 0 radical (unpaired) electrons. The smallest absolute Gasteiger partial charge is 0.239 e. The number of thioether (sulfide) groups is 1. The van der Waals surface area contributed by atoms with Crippen LogP contribution in [0.25, 0.3) is 10.2 Å². The van der Waals surface area contributed by atoms with Gasteiger partial charge in [-0.2, -0.15) is 0 Å². The monoisotopic (exact) mass is 458 g/mol. The number of hydrogen-bond acceptors (Lipinski definition) is 4. The number of carbonyl (C=O) groups is 1. The highest BCUT2D eigenvalue weighted by molar-refractivity contribution is 8.00. The van der Waals surface area contributed by atoms with Gasteiger partial charge in [0.05, 0.1) is 22.5 Å². The minimum Gasteiger partial charge on any atom is -0.283 e. The van der Waals surface area contributed by atoms with E-state index in [0.717, 1.165) is 20.7 Å². The zero-order valence-corrected chi connectivity index (χ0v) is 18.4. The first-order valence-electron chi connectivity index (χ1n) is 8.87. The van der Waals surface area contributed by atoms with Gasteiger partial charge in [-0.3, -0.25) is 9.69 Å². The van der Waals surface area contributed by atoms with Crippen molar-refractivity contribution in [3.05, 3.63) is 88.4 Å². The van der Waals surface area contributed by atoms with Crippen LogP contribution in [-0.2, 0) is 11.3 Å². The maximum absolute atomic E-state index is 13.2. The van der Waals surface area contributed by atoms with Gasteiger partial charge >= 0.3 is 0 Å². The fraction of sp³-hybridized carbons (Fsp3) is 0.0909. The third kappa shape index (κ3) is 5.11. The van der Waals surface area contributed by atoms with Crippen LogP contribution in [0.3, 0.4) is 0 Å². The largest absolute Gasteiger partial charge is 0.283 e. The Hall–Kier alpha value is -2.05. The fourth-order valence-corrected chi connectivity index (χ4v) is 4.94. The summed E-state index contributed by atoms with van der Waals surface area (Å²) in [7, 11) is 0. The number of hydrogen-bond donors (Lipinski definition) is 0. The summed E-state index contributed by atoms with van der Waals surface area (Å²) in [6.45, 7) is 0.467. The third-order valence-corrected chi connectivity index (χ3v) is 6.76. The second-order valence-electron chi connectivity index (χ2n) is 6.32. The molecule has 0 aliphatic carbocycles. The highest BCUT2D eigenvalue weighted by atomic mass is 35.5. The van der Waals surface area contributed by atoms with Gasteiger partial charge in [0.15, 0.2) is 5.13 Å². The molecule has 1 amide bonds. The van der Waals surface area contributed by atoms with Crippen LogP contribution in [-0.4, -0.2) is 16.6 Å². The van der Waals surface area contributed by atoms with Crippen molar-refractivity contribution in [1.82, 2.24) is 4.98 Å². The van der Waals surface area contributed by atoms with Crippen molar-refractivity contribution >= 4 is 67.6 Å². The molecule has 29 heavy (non-hydrogen) atoms. The minimum atomic E-state index is -0.000967. The zero-order chi connectivity index (χ0) is 20.2. The summed E-state index contributed by atoms with van der Waals surface area (Å²) in [6, 6.07) is 23.0. The van der Waals surface area contributed by atoms with Crippen LogP contribution < -0.4 is 4.90 Å². The first-order valence-corrected chi connectivity index (χ1v) is 11.4. The van der Waals surface area contributed by atoms with Crippen LogP contribution in [0.1, 0.15) is 5.56 Å². The number of rotatable bonds is 6. The van der Waals surface area contributed by atoms with E-state index in [9.17, 15) is 4.79 Å². The molecule has 0 aliphatic heterocycles. The van der Waals surface area contributed by atoms with E-state index in [1.165, 1.54) is 23.1 Å². The summed E-state index contributed by atoms with van der Waals surface area (Å²) in [4.78, 5) is 20.6. The molecule has 0 saturated heterocycles. The number of benzene rings is 3. The van der Waals surface area contributed by atoms with Crippen molar-refractivity contribution in [1.29, 1.82) is 0 Å². The van der Waals surface area contributed by atoms with Crippen molar-refractivity contribution < 1.29 is 4.79 Å². The van der Waals surface area contributed by atoms with E-state index in [4.69, 9.17) is 23.2 Å². The number of halogens is 2. The van der Waals surface area contributed by atoms with Gasteiger partial charge in [0.2, 0.25) is 5.91 Å². The molecule has 146 valence electrons. The number of aromatic nitrogens is 1. The molecule has 1 aromatic heterocycles. The Balaban J connectivity index is 1.59. The number of amides is 1. The molecule has 0 saturated carbocycles. The molecular weight excluding hydrogens is 443 g/mol. The van der Waals surface area contributed by atoms with E-state index < -0.39 is 0 Å². The van der Waals surface area contributed by atoms with Gasteiger partial charge < -0.3 is 0 Å². The average molecular weight is 459 g/mol. The molecule has 1 heterocycles. The van der Waals surface area contributed by atoms with Gasteiger partial charge in [-0.15, -0.1) is 11.8 Å². The summed E-state index contributed by atoms with van der Waals surface area (Å²) in [6.07, 6.45) is 0. The molecule has 0 bridgehead atoms. The Morgan fingerprint density at radius 1 is 0.966 bits per heavy atom. The van der Waals surface area contributed by atoms with Crippen LogP contribution in [0.4, 0.5) is 5.13 Å². The molecule has 4 aromatic rings. The number of carbonyl (C=O) groups excluding carboxylic acids is 1. The zero-order valence-electron chi connectivity index (χ0n) is 15.2. The van der Waals surface area contributed by atoms with Crippen LogP contribution in [0, 0.1) is 0 Å². The highest BCUT2D eigenvalue weighted by Crippen LogP contribution is 2.32. The molecule has 0 aliphatic rings. The van der Waals surface area contributed by atoms with Crippen LogP contribution in [0.5, 0.6) is 0 Å². The summed E-state index contributed by atoms with van der Waals surface area (Å²) in [5.74, 6) is 0.310. The van der Waals surface area contributed by atoms with Crippen molar-refractivity contribution in [3.8, 4) is 0 Å². The lowest BCUT2D eigenvalue weighted by molar-refractivity contribution is -0.116. The van der Waals surface area contributed by atoms with Gasteiger partial charge in [0, 0.05) is 14.9 Å². The van der Waals surface area contributed by atoms with E-state index >= 15 is 0 Å². The molecule has 0 spiro atoms.